The molecule has 7 heteroatoms. The van der Waals surface area contributed by atoms with Crippen LogP contribution in [0.3, 0.4) is 0 Å². The molecule has 0 N–H and O–H groups in total. The molecular formula is C16H16FN2O3S-. The Balaban J connectivity index is 1.73. The lowest BCUT2D eigenvalue weighted by Gasteiger charge is -2.30. The van der Waals surface area contributed by atoms with Crippen molar-refractivity contribution in [3.63, 3.8) is 0 Å². The standard InChI is InChI=1S/C16H16FN2O3S/c17-13-1-7-16(8-2-13)23(20,21)18-14-3-5-15(6-4-14)19-9-11-22-12-10-19/h1-8H,9-12H2/q-1. The van der Waals surface area contributed by atoms with Gasteiger partial charge in [-0.2, -0.15) is 0 Å². The van der Waals surface area contributed by atoms with Gasteiger partial charge in [0, 0.05) is 18.8 Å². The molecule has 0 saturated carbocycles. The zero-order chi connectivity index (χ0) is 16.3. The Labute approximate surface area is 134 Å². The lowest BCUT2D eigenvalue weighted by molar-refractivity contribution is 0.122. The van der Waals surface area contributed by atoms with Crippen LogP contribution in [0.2, 0.25) is 0 Å². The first-order valence-electron chi connectivity index (χ1n) is 7.21. The van der Waals surface area contributed by atoms with Gasteiger partial charge in [0.05, 0.1) is 18.1 Å². The van der Waals surface area contributed by atoms with E-state index >= 15 is 0 Å². The van der Waals surface area contributed by atoms with Crippen molar-refractivity contribution in [2.45, 2.75) is 4.90 Å². The molecular weight excluding hydrogens is 319 g/mol. The number of rotatable bonds is 4. The minimum atomic E-state index is -3.84. The number of ether oxygens (including phenoxy) is 1. The summed E-state index contributed by atoms with van der Waals surface area (Å²) in [6.45, 7) is 2.99. The van der Waals surface area contributed by atoms with Crippen molar-refractivity contribution < 1.29 is 17.5 Å². The SMILES string of the molecule is O=S(=O)([N-]c1ccc(N2CCOCC2)cc1)c1ccc(F)cc1. The van der Waals surface area contributed by atoms with Gasteiger partial charge in [0.1, 0.15) is 15.8 Å². The van der Waals surface area contributed by atoms with Crippen molar-refractivity contribution in [1.29, 1.82) is 0 Å². The highest BCUT2D eigenvalue weighted by Gasteiger charge is 2.10. The van der Waals surface area contributed by atoms with E-state index in [1.165, 1.54) is 12.1 Å². The Morgan fingerprint density at radius 1 is 0.957 bits per heavy atom. The molecule has 1 heterocycles. The number of morpholine rings is 1. The predicted octanol–water partition coefficient (Wildman–Crippen LogP) is 3.06. The van der Waals surface area contributed by atoms with Gasteiger partial charge in [0.2, 0.25) is 0 Å². The summed E-state index contributed by atoms with van der Waals surface area (Å²) < 4.78 is 46.3. The summed E-state index contributed by atoms with van der Waals surface area (Å²) >= 11 is 0. The number of benzene rings is 2. The maximum atomic E-state index is 12.9. The normalized spacial score (nSPS) is 15.4. The summed E-state index contributed by atoms with van der Waals surface area (Å²) in [6.07, 6.45) is 0. The summed E-state index contributed by atoms with van der Waals surface area (Å²) in [5.74, 6) is -0.487. The molecule has 5 nitrogen and oxygen atoms in total. The first kappa shape index (κ1) is 15.8. The van der Waals surface area contributed by atoms with Gasteiger partial charge in [0.15, 0.2) is 0 Å². The third-order valence-electron chi connectivity index (χ3n) is 3.56. The van der Waals surface area contributed by atoms with Crippen LogP contribution in [0, 0.1) is 5.82 Å². The third kappa shape index (κ3) is 3.80. The van der Waals surface area contributed by atoms with Crippen LogP contribution in [-0.2, 0) is 14.8 Å². The average molecular weight is 335 g/mol. The van der Waals surface area contributed by atoms with E-state index in [2.05, 4.69) is 9.62 Å². The second-order valence-electron chi connectivity index (χ2n) is 5.14. The summed E-state index contributed by atoms with van der Waals surface area (Å²) in [5.41, 5.74) is 1.35. The largest absolute Gasteiger partial charge is 0.573 e. The molecule has 0 spiro atoms. The molecule has 2 aromatic carbocycles. The maximum Gasteiger partial charge on any atom is 0.123 e. The molecule has 1 fully saturated rings. The van der Waals surface area contributed by atoms with Crippen molar-refractivity contribution in [1.82, 2.24) is 0 Å². The van der Waals surface area contributed by atoms with Crippen LogP contribution in [-0.4, -0.2) is 34.7 Å². The van der Waals surface area contributed by atoms with E-state index < -0.39 is 15.8 Å². The Kier molecular flexibility index (Phi) is 4.49. The van der Waals surface area contributed by atoms with Crippen LogP contribution in [0.15, 0.2) is 53.4 Å². The van der Waals surface area contributed by atoms with Gasteiger partial charge in [0.25, 0.3) is 0 Å². The van der Waals surface area contributed by atoms with Crippen LogP contribution in [0.4, 0.5) is 15.8 Å². The summed E-state index contributed by atoms with van der Waals surface area (Å²) in [4.78, 5) is 2.14. The second-order valence-corrected chi connectivity index (χ2v) is 6.74. The van der Waals surface area contributed by atoms with Gasteiger partial charge in [-0.3, -0.25) is 0 Å². The fourth-order valence-electron chi connectivity index (χ4n) is 2.34. The van der Waals surface area contributed by atoms with E-state index in [9.17, 15) is 12.8 Å². The van der Waals surface area contributed by atoms with E-state index in [1.54, 1.807) is 12.1 Å². The van der Waals surface area contributed by atoms with Crippen LogP contribution >= 0.6 is 0 Å². The lowest BCUT2D eigenvalue weighted by Crippen LogP contribution is -2.36. The highest BCUT2D eigenvalue weighted by Crippen LogP contribution is 2.29. The number of halogens is 1. The monoisotopic (exact) mass is 335 g/mol. The molecule has 0 unspecified atom stereocenters. The Morgan fingerprint density at radius 3 is 2.17 bits per heavy atom. The van der Waals surface area contributed by atoms with Crippen LogP contribution < -0.4 is 4.90 Å². The minimum absolute atomic E-state index is 0.0313. The first-order valence-corrected chi connectivity index (χ1v) is 8.65. The van der Waals surface area contributed by atoms with Crippen LogP contribution in [0.25, 0.3) is 4.72 Å². The third-order valence-corrected chi connectivity index (χ3v) is 4.88. The summed E-state index contributed by atoms with van der Waals surface area (Å²) in [7, 11) is -3.84. The quantitative estimate of drug-likeness (QED) is 0.861. The van der Waals surface area contributed by atoms with E-state index in [0.717, 1.165) is 30.9 Å². The zero-order valence-electron chi connectivity index (χ0n) is 12.4. The maximum absolute atomic E-state index is 12.9. The molecule has 1 saturated heterocycles. The Morgan fingerprint density at radius 2 is 1.57 bits per heavy atom. The van der Waals surface area contributed by atoms with E-state index in [1.807, 2.05) is 12.1 Å². The van der Waals surface area contributed by atoms with Crippen molar-refractivity contribution in [3.05, 3.63) is 59.1 Å². The Bertz CT molecular complexity index is 755. The minimum Gasteiger partial charge on any atom is -0.573 e. The molecule has 0 radical (unpaired) electrons. The molecule has 122 valence electrons. The Hall–Kier alpha value is -2.12. The predicted molar refractivity (Wildman–Crippen MR) is 86.1 cm³/mol. The van der Waals surface area contributed by atoms with Gasteiger partial charge in [-0.1, -0.05) is 12.1 Å². The molecule has 0 atom stereocenters. The highest BCUT2D eigenvalue weighted by molar-refractivity contribution is 7.94. The average Bonchev–Trinajstić information content (AvgIpc) is 2.56. The molecule has 1 aliphatic heterocycles. The van der Waals surface area contributed by atoms with Gasteiger partial charge < -0.3 is 14.4 Å². The fourth-order valence-corrected chi connectivity index (χ4v) is 3.33. The molecule has 23 heavy (non-hydrogen) atoms. The summed E-state index contributed by atoms with van der Waals surface area (Å²) in [5, 5.41) is 0. The van der Waals surface area contributed by atoms with Crippen molar-refractivity contribution >= 4 is 21.4 Å². The van der Waals surface area contributed by atoms with E-state index in [0.29, 0.717) is 18.9 Å². The van der Waals surface area contributed by atoms with Crippen molar-refractivity contribution in [2.75, 3.05) is 31.2 Å². The fraction of sp³-hybridized carbons (Fsp3) is 0.250. The van der Waals surface area contributed by atoms with Gasteiger partial charge in [-0.25, -0.2) is 12.8 Å². The molecule has 0 aliphatic carbocycles. The van der Waals surface area contributed by atoms with E-state index in [-0.39, 0.29) is 4.90 Å². The topological polar surface area (TPSA) is 60.7 Å². The number of sulfonamides is 1. The molecule has 2 aromatic rings. The van der Waals surface area contributed by atoms with Crippen LogP contribution in [0.5, 0.6) is 0 Å². The molecule has 1 aliphatic rings. The number of hydrogen-bond acceptors (Lipinski definition) is 4. The molecule has 0 aromatic heterocycles. The number of hydrogen-bond donors (Lipinski definition) is 0. The van der Waals surface area contributed by atoms with Gasteiger partial charge in [-0.15, -0.1) is 5.69 Å². The lowest BCUT2D eigenvalue weighted by atomic mass is 10.2. The summed E-state index contributed by atoms with van der Waals surface area (Å²) in [6, 6.07) is 11.6. The number of nitrogens with zero attached hydrogens (tertiary/aromatic N) is 2. The molecule has 0 amide bonds. The second kappa shape index (κ2) is 6.55. The van der Waals surface area contributed by atoms with Crippen molar-refractivity contribution in [2.24, 2.45) is 0 Å². The molecule has 0 bridgehead atoms. The van der Waals surface area contributed by atoms with E-state index in [4.69, 9.17) is 4.74 Å². The number of anilines is 1. The van der Waals surface area contributed by atoms with Gasteiger partial charge in [-0.05, 0) is 36.4 Å². The van der Waals surface area contributed by atoms with Gasteiger partial charge >= 0.3 is 0 Å². The highest BCUT2D eigenvalue weighted by atomic mass is 32.2. The van der Waals surface area contributed by atoms with Crippen LogP contribution in [0.1, 0.15) is 0 Å². The smallest absolute Gasteiger partial charge is 0.123 e. The first-order chi connectivity index (χ1) is 11.0. The van der Waals surface area contributed by atoms with Crippen molar-refractivity contribution in [3.8, 4) is 0 Å². The molecule has 3 rings (SSSR count). The zero-order valence-corrected chi connectivity index (χ0v) is 13.2.